The Morgan fingerprint density at radius 3 is 2.83 bits per heavy atom. The molecule has 238 valence electrons. The predicted molar refractivity (Wildman–Crippen MR) is 175 cm³/mol. The smallest absolute Gasteiger partial charge is 0.434 e. The van der Waals surface area contributed by atoms with E-state index in [1.165, 1.54) is 6.08 Å². The molecule has 5 heterocycles. The van der Waals surface area contributed by atoms with Gasteiger partial charge in [-0.15, -0.1) is 0 Å². The number of amides is 1. The molecule has 46 heavy (non-hydrogen) atoms. The molecule has 3 fully saturated rings. The van der Waals surface area contributed by atoms with Crippen molar-refractivity contribution in [1.82, 2.24) is 24.8 Å². The van der Waals surface area contributed by atoms with Crippen molar-refractivity contribution in [2.24, 2.45) is 11.8 Å². The molecule has 2 aromatic carbocycles. The van der Waals surface area contributed by atoms with Crippen molar-refractivity contribution >= 4 is 51.2 Å². The fraction of sp³-hybridized carbons (Fsp3) is 0.400. The Kier molecular flexibility index (Phi) is 7.97. The Morgan fingerprint density at radius 1 is 1.22 bits per heavy atom. The number of ether oxygens (including phenoxy) is 1. The van der Waals surface area contributed by atoms with Gasteiger partial charge in [0.15, 0.2) is 5.82 Å². The van der Waals surface area contributed by atoms with Gasteiger partial charge in [0.1, 0.15) is 29.4 Å². The minimum atomic E-state index is -0.905. The number of rotatable bonds is 7. The monoisotopic (exact) mass is 645 g/mol. The van der Waals surface area contributed by atoms with Crippen LogP contribution in [0.4, 0.5) is 14.6 Å². The number of hydrogen-bond donors (Lipinski definition) is 0. The molecule has 0 bridgehead atoms. The van der Waals surface area contributed by atoms with Crippen LogP contribution in [0.2, 0.25) is 5.02 Å². The van der Waals surface area contributed by atoms with E-state index in [-0.39, 0.29) is 41.6 Å². The van der Waals surface area contributed by atoms with Crippen LogP contribution in [0.5, 0.6) is 6.01 Å². The second-order valence-corrected chi connectivity index (χ2v) is 13.3. The minimum Gasteiger partial charge on any atom is -0.443 e. The number of hydrogen-bond acceptors (Lipinski definition) is 6. The zero-order valence-electron chi connectivity index (χ0n) is 25.9. The van der Waals surface area contributed by atoms with Crippen LogP contribution in [-0.2, 0) is 4.79 Å². The van der Waals surface area contributed by atoms with E-state index < -0.39 is 17.5 Å². The standard InChI is InChI=1S/C35H36ClF2N6O2/c1-4-28(45)43-16-21(2)23(18-43)17-42(3)33-26-15-39-31(25-10-5-8-22-9-6-11-27(36)29(22)25)30(38)32(26)40-34(41-33)46-20-35-12-7-13-44(35)19-24(37)14-35/h4-6,8-11,15,17,21,23-24H,1,7,12-14,16,18-20H2,2-3H3/q+1/b42-17+/t21-,23?,24-,35+/m1/s1. The van der Waals surface area contributed by atoms with Gasteiger partial charge >= 0.3 is 11.8 Å². The molecule has 3 aliphatic heterocycles. The molecule has 0 N–H and O–H groups in total. The van der Waals surface area contributed by atoms with Crippen molar-refractivity contribution in [2.45, 2.75) is 37.9 Å². The molecular formula is C35H36ClF2N6O2+. The third-order valence-electron chi connectivity index (χ3n) is 9.89. The van der Waals surface area contributed by atoms with Crippen molar-refractivity contribution in [3.8, 4) is 17.3 Å². The van der Waals surface area contributed by atoms with E-state index in [9.17, 15) is 9.18 Å². The van der Waals surface area contributed by atoms with Crippen LogP contribution in [0.15, 0.2) is 55.3 Å². The molecule has 4 aromatic rings. The molecule has 8 nitrogen and oxygen atoms in total. The maximum atomic E-state index is 16.7. The van der Waals surface area contributed by atoms with Gasteiger partial charge in [0.05, 0.1) is 18.8 Å². The summed E-state index contributed by atoms with van der Waals surface area (Å²) in [5.41, 5.74) is 0.316. The topological polar surface area (TPSA) is 74.5 Å². The summed E-state index contributed by atoms with van der Waals surface area (Å²) in [5.74, 6) is -0.0803. The van der Waals surface area contributed by atoms with Crippen LogP contribution in [0.25, 0.3) is 32.9 Å². The quantitative estimate of drug-likeness (QED) is 0.135. The van der Waals surface area contributed by atoms with Crippen molar-refractivity contribution in [3.63, 3.8) is 0 Å². The molecule has 0 aliphatic carbocycles. The molecule has 1 unspecified atom stereocenters. The highest BCUT2D eigenvalue weighted by molar-refractivity contribution is 6.36. The Bertz CT molecular complexity index is 1900. The van der Waals surface area contributed by atoms with Crippen LogP contribution in [-0.4, -0.2) is 93.0 Å². The van der Waals surface area contributed by atoms with E-state index in [1.54, 1.807) is 23.2 Å². The van der Waals surface area contributed by atoms with Gasteiger partial charge in [0, 0.05) is 59.1 Å². The molecule has 4 atom stereocenters. The fourth-order valence-corrected chi connectivity index (χ4v) is 7.82. The maximum absolute atomic E-state index is 16.7. The lowest BCUT2D eigenvalue weighted by atomic mass is 9.95. The van der Waals surface area contributed by atoms with Crippen LogP contribution < -0.4 is 4.74 Å². The second kappa shape index (κ2) is 12.0. The van der Waals surface area contributed by atoms with Crippen LogP contribution in [0.3, 0.4) is 0 Å². The number of nitrogens with zero attached hydrogens (tertiary/aromatic N) is 6. The van der Waals surface area contributed by atoms with E-state index in [0.717, 1.165) is 24.8 Å². The number of carbonyl (C=O) groups is 1. The van der Waals surface area contributed by atoms with E-state index in [2.05, 4.69) is 28.4 Å². The Labute approximate surface area is 271 Å². The summed E-state index contributed by atoms with van der Waals surface area (Å²) >= 11 is 6.60. The SMILES string of the molecule is C=CC(=O)N1CC(/C=[N+](\C)c2nc(OC[C@@]34CCCN3C[C@H](F)C4)nc3c(F)c(-c4cccc5cccc(Cl)c45)ncc23)[C@H](C)C1. The first-order valence-corrected chi connectivity index (χ1v) is 16.1. The summed E-state index contributed by atoms with van der Waals surface area (Å²) in [7, 11) is 1.84. The number of likely N-dealkylation sites (tertiary alicyclic amines) is 1. The average molecular weight is 646 g/mol. The largest absolute Gasteiger partial charge is 0.443 e. The molecular weight excluding hydrogens is 610 g/mol. The molecule has 2 aromatic heterocycles. The number of halogens is 3. The molecule has 1 amide bonds. The fourth-order valence-electron chi connectivity index (χ4n) is 7.54. The van der Waals surface area contributed by atoms with Gasteiger partial charge in [-0.2, -0.15) is 4.98 Å². The molecule has 0 spiro atoms. The van der Waals surface area contributed by atoms with E-state index in [1.807, 2.05) is 42.1 Å². The number of fused-ring (bicyclic) bond motifs is 3. The van der Waals surface area contributed by atoms with E-state index in [0.29, 0.717) is 53.2 Å². The van der Waals surface area contributed by atoms with E-state index in [4.69, 9.17) is 21.3 Å². The number of benzene rings is 2. The summed E-state index contributed by atoms with van der Waals surface area (Å²) < 4.78 is 39.3. The molecule has 3 saturated heterocycles. The third kappa shape index (κ3) is 5.31. The Morgan fingerprint density at radius 2 is 2.02 bits per heavy atom. The van der Waals surface area contributed by atoms with Crippen molar-refractivity contribution in [3.05, 3.63) is 66.1 Å². The number of alkyl halides is 1. The zero-order chi connectivity index (χ0) is 32.2. The first kappa shape index (κ1) is 30.6. The highest BCUT2D eigenvalue weighted by Crippen LogP contribution is 2.41. The average Bonchev–Trinajstić information content (AvgIpc) is 3.70. The van der Waals surface area contributed by atoms with Crippen molar-refractivity contribution in [1.29, 1.82) is 0 Å². The molecule has 0 radical (unpaired) electrons. The summed E-state index contributed by atoms with van der Waals surface area (Å²) in [6.07, 6.45) is 6.20. The minimum absolute atomic E-state index is 0.0150. The van der Waals surface area contributed by atoms with E-state index >= 15 is 4.39 Å². The number of carbonyl (C=O) groups excluding carboxylic acids is 1. The van der Waals surface area contributed by atoms with Gasteiger partial charge in [0.25, 0.3) is 0 Å². The first-order chi connectivity index (χ1) is 22.2. The molecule has 3 aliphatic rings. The number of aromatic nitrogens is 3. The summed E-state index contributed by atoms with van der Waals surface area (Å²) in [4.78, 5) is 30.2. The second-order valence-electron chi connectivity index (χ2n) is 12.9. The molecule has 11 heteroatoms. The first-order valence-electron chi connectivity index (χ1n) is 15.7. The predicted octanol–water partition coefficient (Wildman–Crippen LogP) is 6.22. The van der Waals surface area contributed by atoms with Crippen molar-refractivity contribution in [2.75, 3.05) is 39.8 Å². The highest BCUT2D eigenvalue weighted by Gasteiger charge is 2.49. The van der Waals surface area contributed by atoms with Gasteiger partial charge in [-0.1, -0.05) is 55.4 Å². The Balaban J connectivity index is 1.33. The summed E-state index contributed by atoms with van der Waals surface area (Å²) in [6.45, 7) is 8.29. The lowest BCUT2D eigenvalue weighted by molar-refractivity contribution is -0.405. The lowest BCUT2D eigenvalue weighted by Crippen LogP contribution is -2.43. The van der Waals surface area contributed by atoms with Crippen molar-refractivity contribution < 1.29 is 22.9 Å². The van der Waals surface area contributed by atoms with Crippen LogP contribution in [0.1, 0.15) is 26.2 Å². The normalized spacial score (nSPS) is 25.0. The molecule has 0 saturated carbocycles. The van der Waals surface area contributed by atoms with Gasteiger partial charge < -0.3 is 9.64 Å². The van der Waals surface area contributed by atoms with Gasteiger partial charge in [-0.05, 0) is 42.8 Å². The van der Waals surface area contributed by atoms with Crippen LogP contribution in [0, 0.1) is 17.7 Å². The summed E-state index contributed by atoms with van der Waals surface area (Å²) in [5, 5.41) is 2.47. The maximum Gasteiger partial charge on any atom is 0.434 e. The Hall–Kier alpha value is -4.02. The number of pyridine rings is 1. The van der Waals surface area contributed by atoms with Gasteiger partial charge in [0.2, 0.25) is 5.91 Å². The van der Waals surface area contributed by atoms with Gasteiger partial charge in [-0.25, -0.2) is 13.4 Å². The summed E-state index contributed by atoms with van der Waals surface area (Å²) in [6, 6.07) is 11.1. The zero-order valence-corrected chi connectivity index (χ0v) is 26.7. The van der Waals surface area contributed by atoms with Gasteiger partial charge in [-0.3, -0.25) is 14.7 Å². The molecule has 7 rings (SSSR count). The third-order valence-corrected chi connectivity index (χ3v) is 10.2. The lowest BCUT2D eigenvalue weighted by Gasteiger charge is -2.30. The highest BCUT2D eigenvalue weighted by atomic mass is 35.5. The van der Waals surface area contributed by atoms with Crippen LogP contribution >= 0.6 is 11.6 Å².